The number of rotatable bonds is 4. The Hall–Kier alpha value is -0.650. The van der Waals surface area contributed by atoms with E-state index in [1.54, 1.807) is 6.92 Å². The zero-order valence-electron chi connectivity index (χ0n) is 10.5. The third-order valence-electron chi connectivity index (χ3n) is 3.19. The third kappa shape index (κ3) is 3.73. The Balaban J connectivity index is 2.31. The van der Waals surface area contributed by atoms with E-state index >= 15 is 0 Å². The van der Waals surface area contributed by atoms with Crippen LogP contribution in [0.2, 0.25) is 0 Å². The predicted octanol–water partition coefficient (Wildman–Crippen LogP) is -0.486. The van der Waals surface area contributed by atoms with Gasteiger partial charge < -0.3 is 20.3 Å². The first-order valence-corrected chi connectivity index (χ1v) is 5.74. The summed E-state index contributed by atoms with van der Waals surface area (Å²) in [6, 6.07) is 0. The Bertz CT molecular complexity index is 235. The largest absolute Gasteiger partial charge is 0.468 e. The number of hydrogen-bond acceptors (Lipinski definition) is 5. The number of hydrogen-bond donors (Lipinski definition) is 1. The molecule has 0 amide bonds. The summed E-state index contributed by atoms with van der Waals surface area (Å²) in [4.78, 5) is 16.0. The van der Waals surface area contributed by atoms with Gasteiger partial charge in [0.1, 0.15) is 5.54 Å². The maximum atomic E-state index is 11.4. The molecule has 0 bridgehead atoms. The average Bonchev–Trinajstić information content (AvgIpc) is 2.27. The van der Waals surface area contributed by atoms with E-state index in [1.807, 2.05) is 0 Å². The van der Waals surface area contributed by atoms with Crippen molar-refractivity contribution in [1.29, 1.82) is 0 Å². The van der Waals surface area contributed by atoms with Crippen molar-refractivity contribution in [2.45, 2.75) is 18.9 Å². The van der Waals surface area contributed by atoms with Gasteiger partial charge in [-0.25, -0.2) is 0 Å². The van der Waals surface area contributed by atoms with Crippen molar-refractivity contribution in [2.75, 3.05) is 46.9 Å². The van der Waals surface area contributed by atoms with Crippen molar-refractivity contribution >= 4 is 5.97 Å². The lowest BCUT2D eigenvalue weighted by Gasteiger charge is -2.34. The van der Waals surface area contributed by atoms with E-state index in [-0.39, 0.29) is 5.97 Å². The van der Waals surface area contributed by atoms with Crippen molar-refractivity contribution in [3.8, 4) is 0 Å². The first kappa shape index (κ1) is 13.4. The Morgan fingerprint density at radius 2 is 1.94 bits per heavy atom. The standard InChI is InChI=1S/C11H23N3O2/c1-11(12,10(15)16-3)4-5-14-8-6-13(2)7-9-14/h4-9,12H2,1-3H3. The van der Waals surface area contributed by atoms with Gasteiger partial charge >= 0.3 is 5.97 Å². The minimum absolute atomic E-state index is 0.332. The zero-order chi connectivity index (χ0) is 12.2. The molecule has 0 radical (unpaired) electrons. The molecule has 94 valence electrons. The van der Waals surface area contributed by atoms with E-state index in [1.165, 1.54) is 7.11 Å². The Morgan fingerprint density at radius 1 is 1.38 bits per heavy atom. The Kier molecular flexibility index (Phi) is 4.70. The van der Waals surface area contributed by atoms with Gasteiger partial charge in [0.05, 0.1) is 7.11 Å². The topological polar surface area (TPSA) is 58.8 Å². The molecular formula is C11H23N3O2. The number of methoxy groups -OCH3 is 1. The Labute approximate surface area is 97.5 Å². The molecule has 1 rings (SSSR count). The highest BCUT2D eigenvalue weighted by Crippen LogP contribution is 2.10. The van der Waals surface area contributed by atoms with Crippen molar-refractivity contribution in [1.82, 2.24) is 9.80 Å². The van der Waals surface area contributed by atoms with Crippen LogP contribution in [0.5, 0.6) is 0 Å². The molecule has 0 aliphatic carbocycles. The summed E-state index contributed by atoms with van der Waals surface area (Å²) >= 11 is 0. The van der Waals surface area contributed by atoms with E-state index < -0.39 is 5.54 Å². The maximum Gasteiger partial charge on any atom is 0.325 e. The summed E-state index contributed by atoms with van der Waals surface area (Å²) in [6.07, 6.45) is 0.642. The lowest BCUT2D eigenvalue weighted by Crippen LogP contribution is -2.50. The van der Waals surface area contributed by atoms with Crippen molar-refractivity contribution < 1.29 is 9.53 Å². The van der Waals surface area contributed by atoms with Crippen LogP contribution in [0, 0.1) is 0 Å². The minimum atomic E-state index is -0.863. The molecule has 2 N–H and O–H groups in total. The van der Waals surface area contributed by atoms with Gasteiger partial charge in [0.2, 0.25) is 0 Å². The van der Waals surface area contributed by atoms with E-state index in [4.69, 9.17) is 5.73 Å². The molecule has 5 nitrogen and oxygen atoms in total. The van der Waals surface area contributed by atoms with Crippen LogP contribution in [0.4, 0.5) is 0 Å². The highest BCUT2D eigenvalue weighted by Gasteiger charge is 2.30. The van der Waals surface area contributed by atoms with Crippen LogP contribution in [0.25, 0.3) is 0 Å². The lowest BCUT2D eigenvalue weighted by molar-refractivity contribution is -0.146. The molecule has 1 saturated heterocycles. The second-order valence-corrected chi connectivity index (χ2v) is 4.80. The quantitative estimate of drug-likeness (QED) is 0.660. The smallest absolute Gasteiger partial charge is 0.325 e. The number of ether oxygens (including phenoxy) is 1. The summed E-state index contributed by atoms with van der Waals surface area (Å²) in [5.74, 6) is -0.332. The molecule has 0 spiro atoms. The molecule has 0 saturated carbocycles. The summed E-state index contributed by atoms with van der Waals surface area (Å²) < 4.78 is 4.68. The van der Waals surface area contributed by atoms with Crippen molar-refractivity contribution in [3.63, 3.8) is 0 Å². The molecule has 1 unspecified atom stereocenters. The van der Waals surface area contributed by atoms with Gasteiger partial charge in [-0.05, 0) is 20.4 Å². The summed E-state index contributed by atoms with van der Waals surface area (Å²) in [5.41, 5.74) is 5.04. The summed E-state index contributed by atoms with van der Waals surface area (Å²) in [5, 5.41) is 0. The molecular weight excluding hydrogens is 206 g/mol. The minimum Gasteiger partial charge on any atom is -0.468 e. The second kappa shape index (κ2) is 5.61. The highest BCUT2D eigenvalue weighted by molar-refractivity contribution is 5.79. The summed E-state index contributed by atoms with van der Waals surface area (Å²) in [6.45, 7) is 6.85. The highest BCUT2D eigenvalue weighted by atomic mass is 16.5. The molecule has 1 aliphatic heterocycles. The molecule has 5 heteroatoms. The van der Waals surface area contributed by atoms with Gasteiger partial charge in [0.25, 0.3) is 0 Å². The van der Waals surface area contributed by atoms with Crippen molar-refractivity contribution in [3.05, 3.63) is 0 Å². The maximum absolute atomic E-state index is 11.4. The fraction of sp³-hybridized carbons (Fsp3) is 0.909. The molecule has 1 fully saturated rings. The monoisotopic (exact) mass is 229 g/mol. The molecule has 0 aromatic heterocycles. The number of esters is 1. The lowest BCUT2D eigenvalue weighted by atomic mass is 9.99. The van der Waals surface area contributed by atoms with E-state index in [2.05, 4.69) is 21.6 Å². The van der Waals surface area contributed by atoms with Gasteiger partial charge in [0, 0.05) is 32.7 Å². The van der Waals surface area contributed by atoms with Gasteiger partial charge in [-0.1, -0.05) is 0 Å². The van der Waals surface area contributed by atoms with Gasteiger partial charge in [-0.2, -0.15) is 0 Å². The molecule has 0 aromatic rings. The molecule has 1 aliphatic rings. The van der Waals surface area contributed by atoms with E-state index in [0.717, 1.165) is 32.7 Å². The van der Waals surface area contributed by atoms with Gasteiger partial charge in [-0.15, -0.1) is 0 Å². The summed E-state index contributed by atoms with van der Waals surface area (Å²) in [7, 11) is 3.50. The van der Waals surface area contributed by atoms with Crippen LogP contribution >= 0.6 is 0 Å². The van der Waals surface area contributed by atoms with Gasteiger partial charge in [0.15, 0.2) is 0 Å². The molecule has 16 heavy (non-hydrogen) atoms. The van der Waals surface area contributed by atoms with Crippen LogP contribution in [0.1, 0.15) is 13.3 Å². The van der Waals surface area contributed by atoms with Crippen LogP contribution in [0.15, 0.2) is 0 Å². The SMILES string of the molecule is COC(=O)C(C)(N)CCN1CCN(C)CC1. The average molecular weight is 229 g/mol. The van der Waals surface area contributed by atoms with Crippen LogP contribution in [0.3, 0.4) is 0 Å². The Morgan fingerprint density at radius 3 is 2.44 bits per heavy atom. The number of likely N-dealkylation sites (N-methyl/N-ethyl adjacent to an activating group) is 1. The molecule has 1 heterocycles. The molecule has 1 atom stereocenters. The van der Waals surface area contributed by atoms with Crippen LogP contribution in [-0.2, 0) is 9.53 Å². The fourth-order valence-corrected chi connectivity index (χ4v) is 1.80. The molecule has 0 aromatic carbocycles. The van der Waals surface area contributed by atoms with Gasteiger partial charge in [-0.3, -0.25) is 4.79 Å². The zero-order valence-corrected chi connectivity index (χ0v) is 10.5. The number of nitrogens with two attached hydrogens (primary N) is 1. The third-order valence-corrected chi connectivity index (χ3v) is 3.19. The van der Waals surface area contributed by atoms with Crippen LogP contribution in [-0.4, -0.2) is 68.2 Å². The van der Waals surface area contributed by atoms with E-state index in [0.29, 0.717) is 6.42 Å². The number of carbonyl (C=O) groups excluding carboxylic acids is 1. The fourth-order valence-electron chi connectivity index (χ4n) is 1.80. The number of piperazine rings is 1. The normalized spacial score (nSPS) is 22.8. The predicted molar refractivity (Wildman–Crippen MR) is 63.2 cm³/mol. The van der Waals surface area contributed by atoms with Crippen molar-refractivity contribution in [2.24, 2.45) is 5.73 Å². The number of carbonyl (C=O) groups is 1. The first-order valence-electron chi connectivity index (χ1n) is 5.74. The van der Waals surface area contributed by atoms with E-state index in [9.17, 15) is 4.79 Å². The van der Waals surface area contributed by atoms with Crippen LogP contribution < -0.4 is 5.73 Å². The first-order chi connectivity index (χ1) is 7.45. The second-order valence-electron chi connectivity index (χ2n) is 4.80. The number of nitrogens with zero attached hydrogens (tertiary/aromatic N) is 2.